The van der Waals surface area contributed by atoms with Gasteiger partial charge in [0.1, 0.15) is 11.8 Å². The SMILES string of the molecule is Cc1cc(NC(=O)COC(=O)[C@@H](C(C)C)N2C(=O)[C@@H]3C4c5ccccc5C(c5ccccc54)[C@@H]3C2=O)no1. The van der Waals surface area contributed by atoms with Crippen molar-refractivity contribution in [2.45, 2.75) is 38.6 Å². The normalized spacial score (nSPS) is 23.6. The second-order valence-corrected chi connectivity index (χ2v) is 10.5. The summed E-state index contributed by atoms with van der Waals surface area (Å²) in [7, 11) is 0. The fourth-order valence-electron chi connectivity index (χ4n) is 6.48. The van der Waals surface area contributed by atoms with E-state index in [0.717, 1.165) is 27.2 Å². The summed E-state index contributed by atoms with van der Waals surface area (Å²) in [5.74, 6) is -3.54. The van der Waals surface area contributed by atoms with Crippen LogP contribution in [0.25, 0.3) is 0 Å². The quantitative estimate of drug-likeness (QED) is 0.396. The number of rotatable bonds is 6. The number of hydrogen-bond donors (Lipinski definition) is 1. The Bertz CT molecular complexity index is 1360. The lowest BCUT2D eigenvalue weighted by molar-refractivity contribution is -0.162. The molecule has 3 amide bonds. The summed E-state index contributed by atoms with van der Waals surface area (Å²) < 4.78 is 10.2. The number of aryl methyl sites for hydroxylation is 1. The molecule has 1 aliphatic heterocycles. The van der Waals surface area contributed by atoms with Crippen LogP contribution >= 0.6 is 0 Å². The van der Waals surface area contributed by atoms with Gasteiger partial charge in [0.05, 0.1) is 11.8 Å². The number of aromatic nitrogens is 1. The van der Waals surface area contributed by atoms with Crippen LogP contribution in [-0.4, -0.2) is 46.4 Å². The summed E-state index contributed by atoms with van der Waals surface area (Å²) in [6.07, 6.45) is 0. The average Bonchev–Trinajstić information content (AvgIpc) is 3.43. The molecule has 38 heavy (non-hydrogen) atoms. The van der Waals surface area contributed by atoms with Crippen LogP contribution in [0.2, 0.25) is 0 Å². The van der Waals surface area contributed by atoms with Gasteiger partial charge in [0.15, 0.2) is 12.4 Å². The van der Waals surface area contributed by atoms with E-state index in [0.29, 0.717) is 5.76 Å². The molecule has 0 spiro atoms. The van der Waals surface area contributed by atoms with Crippen molar-refractivity contribution in [3.63, 3.8) is 0 Å². The second-order valence-electron chi connectivity index (χ2n) is 10.5. The number of benzene rings is 2. The van der Waals surface area contributed by atoms with Gasteiger partial charge in [-0.25, -0.2) is 4.79 Å². The molecule has 3 aromatic rings. The molecule has 0 saturated carbocycles. The fourth-order valence-corrected chi connectivity index (χ4v) is 6.48. The second kappa shape index (κ2) is 8.93. The molecule has 0 unspecified atom stereocenters. The topological polar surface area (TPSA) is 119 Å². The Hall–Kier alpha value is -4.27. The highest BCUT2D eigenvalue weighted by Crippen LogP contribution is 2.61. The largest absolute Gasteiger partial charge is 0.454 e. The lowest BCUT2D eigenvalue weighted by Crippen LogP contribution is -2.49. The molecule has 2 bridgehead atoms. The standard InChI is InChI=1S/C29H27N3O6/c1-14(2)26(29(36)37-13-21(33)30-20-12-15(3)38-31-20)32-27(34)24-22-16-8-4-5-9-17(16)23(25(24)28(32)35)19-11-7-6-10-18(19)22/h4-12,14,22-26H,13H2,1-3H3,(H,30,31,33)/t22?,23?,24-,25+,26-/m1/s1. The number of carbonyl (C=O) groups excluding carboxylic acids is 4. The number of nitrogens with zero attached hydrogens (tertiary/aromatic N) is 2. The Morgan fingerprint density at radius 1 is 0.947 bits per heavy atom. The molecule has 1 aromatic heterocycles. The molecule has 3 aliphatic carbocycles. The number of carbonyl (C=O) groups is 4. The number of anilines is 1. The molecule has 2 aromatic carbocycles. The Morgan fingerprint density at radius 3 is 1.87 bits per heavy atom. The number of imide groups is 1. The van der Waals surface area contributed by atoms with Crippen LogP contribution in [0, 0.1) is 24.7 Å². The molecule has 4 aliphatic rings. The molecule has 2 heterocycles. The van der Waals surface area contributed by atoms with Crippen molar-refractivity contribution in [3.05, 3.63) is 82.6 Å². The third-order valence-corrected chi connectivity index (χ3v) is 7.87. The van der Waals surface area contributed by atoms with Gasteiger partial charge < -0.3 is 14.6 Å². The molecule has 1 saturated heterocycles. The van der Waals surface area contributed by atoms with Crippen molar-refractivity contribution in [2.75, 3.05) is 11.9 Å². The first-order valence-corrected chi connectivity index (χ1v) is 12.7. The Labute approximate surface area is 219 Å². The molecule has 9 heteroatoms. The smallest absolute Gasteiger partial charge is 0.330 e. The van der Waals surface area contributed by atoms with Gasteiger partial charge in [0.2, 0.25) is 11.8 Å². The van der Waals surface area contributed by atoms with Crippen LogP contribution in [0.15, 0.2) is 59.1 Å². The number of likely N-dealkylation sites (tertiary alicyclic amines) is 1. The van der Waals surface area contributed by atoms with Crippen LogP contribution in [0.1, 0.15) is 53.7 Å². The monoisotopic (exact) mass is 513 g/mol. The molecule has 1 fully saturated rings. The van der Waals surface area contributed by atoms with Crippen molar-refractivity contribution < 1.29 is 28.4 Å². The van der Waals surface area contributed by atoms with E-state index in [-0.39, 0.29) is 29.5 Å². The van der Waals surface area contributed by atoms with Gasteiger partial charge in [0, 0.05) is 17.9 Å². The van der Waals surface area contributed by atoms with E-state index >= 15 is 0 Å². The van der Waals surface area contributed by atoms with Gasteiger partial charge in [0.25, 0.3) is 5.91 Å². The summed E-state index contributed by atoms with van der Waals surface area (Å²) in [5, 5.41) is 6.17. The molecular formula is C29H27N3O6. The molecule has 194 valence electrons. The lowest BCUT2D eigenvalue weighted by atomic mass is 9.55. The average molecular weight is 514 g/mol. The number of esters is 1. The maximum absolute atomic E-state index is 14.0. The minimum absolute atomic E-state index is 0.201. The zero-order chi connectivity index (χ0) is 26.7. The summed E-state index contributed by atoms with van der Waals surface area (Å²) in [6, 6.07) is 16.3. The third-order valence-electron chi connectivity index (χ3n) is 7.87. The van der Waals surface area contributed by atoms with Crippen molar-refractivity contribution in [1.29, 1.82) is 0 Å². The van der Waals surface area contributed by atoms with Crippen LogP contribution in [-0.2, 0) is 23.9 Å². The fraction of sp³-hybridized carbons (Fsp3) is 0.345. The van der Waals surface area contributed by atoms with E-state index in [2.05, 4.69) is 10.5 Å². The Morgan fingerprint density at radius 2 is 1.45 bits per heavy atom. The van der Waals surface area contributed by atoms with Crippen LogP contribution in [0.3, 0.4) is 0 Å². The van der Waals surface area contributed by atoms with Gasteiger partial charge in [-0.15, -0.1) is 0 Å². The molecule has 9 nitrogen and oxygen atoms in total. The van der Waals surface area contributed by atoms with E-state index in [1.54, 1.807) is 20.8 Å². The highest BCUT2D eigenvalue weighted by atomic mass is 16.5. The minimum Gasteiger partial charge on any atom is -0.454 e. The van der Waals surface area contributed by atoms with E-state index in [9.17, 15) is 19.2 Å². The predicted molar refractivity (Wildman–Crippen MR) is 135 cm³/mol. The summed E-state index contributed by atoms with van der Waals surface area (Å²) in [5.41, 5.74) is 4.24. The molecular weight excluding hydrogens is 486 g/mol. The van der Waals surface area contributed by atoms with Gasteiger partial charge in [-0.3, -0.25) is 19.3 Å². The van der Waals surface area contributed by atoms with E-state index in [1.165, 1.54) is 6.07 Å². The van der Waals surface area contributed by atoms with E-state index in [1.807, 2.05) is 48.5 Å². The predicted octanol–water partition coefficient (Wildman–Crippen LogP) is 3.38. The van der Waals surface area contributed by atoms with Crippen molar-refractivity contribution >= 4 is 29.5 Å². The zero-order valence-electron chi connectivity index (χ0n) is 21.2. The van der Waals surface area contributed by atoms with Gasteiger partial charge in [-0.2, -0.15) is 0 Å². The molecule has 1 N–H and O–H groups in total. The summed E-state index contributed by atoms with van der Waals surface area (Å²) in [6.45, 7) is 4.61. The number of nitrogens with one attached hydrogen (secondary N) is 1. The Balaban J connectivity index is 1.28. The maximum Gasteiger partial charge on any atom is 0.330 e. The van der Waals surface area contributed by atoms with Gasteiger partial charge in [-0.05, 0) is 35.1 Å². The van der Waals surface area contributed by atoms with Crippen LogP contribution in [0.4, 0.5) is 5.82 Å². The first kappa shape index (κ1) is 24.1. The summed E-state index contributed by atoms with van der Waals surface area (Å²) >= 11 is 0. The lowest BCUT2D eigenvalue weighted by Gasteiger charge is -2.45. The van der Waals surface area contributed by atoms with Gasteiger partial charge >= 0.3 is 5.97 Å². The zero-order valence-corrected chi connectivity index (χ0v) is 21.2. The highest BCUT2D eigenvalue weighted by Gasteiger charge is 2.63. The Kier molecular flexibility index (Phi) is 5.66. The van der Waals surface area contributed by atoms with Crippen molar-refractivity contribution in [3.8, 4) is 0 Å². The highest BCUT2D eigenvalue weighted by molar-refractivity contribution is 6.10. The maximum atomic E-state index is 14.0. The minimum atomic E-state index is -1.15. The third kappa shape index (κ3) is 3.56. The first-order valence-electron chi connectivity index (χ1n) is 12.7. The molecule has 7 rings (SSSR count). The summed E-state index contributed by atoms with van der Waals surface area (Å²) in [4.78, 5) is 54.7. The van der Waals surface area contributed by atoms with Gasteiger partial charge in [-0.1, -0.05) is 67.5 Å². The first-order chi connectivity index (χ1) is 18.3. The molecule has 0 radical (unpaired) electrons. The van der Waals surface area contributed by atoms with Crippen molar-refractivity contribution in [1.82, 2.24) is 10.1 Å². The van der Waals surface area contributed by atoms with Crippen LogP contribution in [0.5, 0.6) is 0 Å². The molecule has 3 atom stereocenters. The number of hydrogen-bond acceptors (Lipinski definition) is 7. The number of amides is 3. The van der Waals surface area contributed by atoms with Crippen LogP contribution < -0.4 is 5.32 Å². The van der Waals surface area contributed by atoms with E-state index in [4.69, 9.17) is 9.26 Å². The van der Waals surface area contributed by atoms with E-state index < -0.39 is 42.3 Å². The number of ether oxygens (including phenoxy) is 1. The van der Waals surface area contributed by atoms with Crippen molar-refractivity contribution in [2.24, 2.45) is 17.8 Å².